The van der Waals surface area contributed by atoms with E-state index in [9.17, 15) is 0 Å². The molecule has 3 nitrogen and oxygen atoms in total. The minimum atomic E-state index is 0.764. The Balaban J connectivity index is 1.76. The maximum atomic E-state index is 5.88. The summed E-state index contributed by atoms with van der Waals surface area (Å²) in [6.07, 6.45) is 0.942. The lowest BCUT2D eigenvalue weighted by atomic mass is 10.1. The fraction of sp³-hybridized carbons (Fsp3) is 0.188. The van der Waals surface area contributed by atoms with Crippen molar-refractivity contribution < 1.29 is 0 Å². The number of nitrogens with one attached hydrogen (secondary N) is 2. The number of fused-ring (bicyclic) bond motifs is 1. The Morgan fingerprint density at radius 3 is 2.70 bits per heavy atom. The standard InChI is InChI=1S/C16H16ClN3/c1-2-15-14-8-7-13(9-16(14)20-19-15)18-10-11-3-5-12(17)6-4-11/h3-9,18H,2,10H2,1H3,(H,19,20). The lowest BCUT2D eigenvalue weighted by Crippen LogP contribution is -1.98. The van der Waals surface area contributed by atoms with E-state index in [2.05, 4.69) is 40.6 Å². The minimum Gasteiger partial charge on any atom is -0.381 e. The Morgan fingerprint density at radius 2 is 1.95 bits per heavy atom. The van der Waals surface area contributed by atoms with Crippen molar-refractivity contribution in [2.75, 3.05) is 5.32 Å². The lowest BCUT2D eigenvalue weighted by molar-refractivity contribution is 0.988. The molecular formula is C16H16ClN3. The number of aromatic nitrogens is 2. The Bertz CT molecular complexity index is 716. The van der Waals surface area contributed by atoms with E-state index >= 15 is 0 Å². The highest BCUT2D eigenvalue weighted by Crippen LogP contribution is 2.21. The molecule has 0 radical (unpaired) electrons. The third-order valence-electron chi connectivity index (χ3n) is 3.39. The molecule has 0 saturated carbocycles. The first-order chi connectivity index (χ1) is 9.76. The lowest BCUT2D eigenvalue weighted by Gasteiger charge is -2.07. The number of aryl methyl sites for hydroxylation is 1. The first-order valence-corrected chi connectivity index (χ1v) is 7.09. The molecule has 0 spiro atoms. The number of benzene rings is 2. The highest BCUT2D eigenvalue weighted by molar-refractivity contribution is 6.30. The van der Waals surface area contributed by atoms with Crippen molar-refractivity contribution in [2.45, 2.75) is 19.9 Å². The van der Waals surface area contributed by atoms with Crippen molar-refractivity contribution in [3.8, 4) is 0 Å². The highest BCUT2D eigenvalue weighted by atomic mass is 35.5. The molecule has 0 saturated heterocycles. The highest BCUT2D eigenvalue weighted by Gasteiger charge is 2.04. The van der Waals surface area contributed by atoms with Gasteiger partial charge in [-0.3, -0.25) is 5.10 Å². The van der Waals surface area contributed by atoms with E-state index in [1.54, 1.807) is 0 Å². The van der Waals surface area contributed by atoms with E-state index < -0.39 is 0 Å². The van der Waals surface area contributed by atoms with Crippen LogP contribution < -0.4 is 5.32 Å². The molecule has 1 heterocycles. The van der Waals surface area contributed by atoms with Crippen LogP contribution in [0.15, 0.2) is 42.5 Å². The number of nitrogens with zero attached hydrogens (tertiary/aromatic N) is 1. The topological polar surface area (TPSA) is 40.7 Å². The normalized spacial score (nSPS) is 10.9. The van der Waals surface area contributed by atoms with Gasteiger partial charge in [-0.2, -0.15) is 5.10 Å². The molecule has 1 aromatic heterocycles. The number of halogens is 1. The van der Waals surface area contributed by atoms with Gasteiger partial charge in [-0.05, 0) is 42.3 Å². The first-order valence-electron chi connectivity index (χ1n) is 6.71. The third-order valence-corrected chi connectivity index (χ3v) is 3.64. The van der Waals surface area contributed by atoms with Crippen molar-refractivity contribution >= 4 is 28.2 Å². The largest absolute Gasteiger partial charge is 0.381 e. The van der Waals surface area contributed by atoms with Crippen LogP contribution in [0.25, 0.3) is 10.9 Å². The van der Waals surface area contributed by atoms with E-state index in [4.69, 9.17) is 11.6 Å². The second-order valence-electron chi connectivity index (χ2n) is 4.76. The fourth-order valence-electron chi connectivity index (χ4n) is 2.26. The van der Waals surface area contributed by atoms with Gasteiger partial charge in [0, 0.05) is 22.6 Å². The summed E-state index contributed by atoms with van der Waals surface area (Å²) in [6.45, 7) is 2.89. The monoisotopic (exact) mass is 285 g/mol. The molecule has 0 atom stereocenters. The van der Waals surface area contributed by atoms with Gasteiger partial charge in [-0.25, -0.2) is 0 Å². The third kappa shape index (κ3) is 2.63. The van der Waals surface area contributed by atoms with Crippen molar-refractivity contribution in [1.82, 2.24) is 10.2 Å². The molecule has 4 heteroatoms. The molecule has 0 aliphatic carbocycles. The number of anilines is 1. The fourth-order valence-corrected chi connectivity index (χ4v) is 2.39. The summed E-state index contributed by atoms with van der Waals surface area (Å²) >= 11 is 5.88. The van der Waals surface area contributed by atoms with E-state index in [0.29, 0.717) is 0 Å². The zero-order chi connectivity index (χ0) is 13.9. The SMILES string of the molecule is CCc1n[nH]c2cc(NCc3ccc(Cl)cc3)ccc12. The van der Waals surface area contributed by atoms with Gasteiger partial charge in [0.2, 0.25) is 0 Å². The van der Waals surface area contributed by atoms with Crippen LogP contribution in [0.4, 0.5) is 5.69 Å². The van der Waals surface area contributed by atoms with Crippen molar-refractivity contribution in [3.63, 3.8) is 0 Å². The molecule has 2 N–H and O–H groups in total. The molecule has 20 heavy (non-hydrogen) atoms. The van der Waals surface area contributed by atoms with E-state index in [1.165, 1.54) is 10.9 Å². The van der Waals surface area contributed by atoms with Crippen molar-refractivity contribution in [3.05, 3.63) is 58.7 Å². The van der Waals surface area contributed by atoms with Crippen LogP contribution >= 0.6 is 11.6 Å². The van der Waals surface area contributed by atoms with Gasteiger partial charge < -0.3 is 5.32 Å². The van der Waals surface area contributed by atoms with Crippen LogP contribution in [0.3, 0.4) is 0 Å². The Kier molecular flexibility index (Phi) is 3.61. The van der Waals surface area contributed by atoms with Gasteiger partial charge in [0.15, 0.2) is 0 Å². The van der Waals surface area contributed by atoms with Crippen LogP contribution in [0, 0.1) is 0 Å². The van der Waals surface area contributed by atoms with Gasteiger partial charge in [-0.1, -0.05) is 30.7 Å². The van der Waals surface area contributed by atoms with Crippen LogP contribution in [0.1, 0.15) is 18.2 Å². The molecule has 0 amide bonds. The summed E-state index contributed by atoms with van der Waals surface area (Å²) in [5.41, 5.74) is 4.47. The summed E-state index contributed by atoms with van der Waals surface area (Å²) in [5, 5.41) is 12.8. The van der Waals surface area contributed by atoms with Crippen molar-refractivity contribution in [2.24, 2.45) is 0 Å². The van der Waals surface area contributed by atoms with Gasteiger partial charge in [0.1, 0.15) is 0 Å². The summed E-state index contributed by atoms with van der Waals surface area (Å²) in [6, 6.07) is 14.2. The molecule has 0 aliphatic heterocycles. The predicted octanol–water partition coefficient (Wildman–Crippen LogP) is 4.39. The van der Waals surface area contributed by atoms with Crippen LogP contribution in [0.2, 0.25) is 5.02 Å². The Morgan fingerprint density at radius 1 is 1.15 bits per heavy atom. The molecule has 3 rings (SSSR count). The summed E-state index contributed by atoms with van der Waals surface area (Å²) in [5.74, 6) is 0. The average molecular weight is 286 g/mol. The van der Waals surface area contributed by atoms with Gasteiger partial charge in [0.05, 0.1) is 11.2 Å². The van der Waals surface area contributed by atoms with Gasteiger partial charge in [0.25, 0.3) is 0 Å². The molecular weight excluding hydrogens is 270 g/mol. The van der Waals surface area contributed by atoms with Crippen LogP contribution in [-0.4, -0.2) is 10.2 Å². The first kappa shape index (κ1) is 13.0. The number of H-pyrrole nitrogens is 1. The molecule has 0 bridgehead atoms. The Labute approximate surface area is 123 Å². The van der Waals surface area contributed by atoms with E-state index in [-0.39, 0.29) is 0 Å². The Hall–Kier alpha value is -2.00. The second-order valence-corrected chi connectivity index (χ2v) is 5.20. The number of hydrogen-bond donors (Lipinski definition) is 2. The smallest absolute Gasteiger partial charge is 0.0698 e. The quantitative estimate of drug-likeness (QED) is 0.746. The molecule has 102 valence electrons. The predicted molar refractivity (Wildman–Crippen MR) is 84.3 cm³/mol. The average Bonchev–Trinajstić information content (AvgIpc) is 2.89. The van der Waals surface area contributed by atoms with Crippen molar-refractivity contribution in [1.29, 1.82) is 0 Å². The number of hydrogen-bond acceptors (Lipinski definition) is 2. The van der Waals surface area contributed by atoms with E-state index in [0.717, 1.165) is 34.9 Å². The zero-order valence-electron chi connectivity index (χ0n) is 11.3. The van der Waals surface area contributed by atoms with Gasteiger partial charge >= 0.3 is 0 Å². The van der Waals surface area contributed by atoms with Crippen LogP contribution in [-0.2, 0) is 13.0 Å². The van der Waals surface area contributed by atoms with E-state index in [1.807, 2.05) is 24.3 Å². The molecule has 0 fully saturated rings. The molecule has 0 unspecified atom stereocenters. The summed E-state index contributed by atoms with van der Waals surface area (Å²) < 4.78 is 0. The summed E-state index contributed by atoms with van der Waals surface area (Å²) in [4.78, 5) is 0. The second kappa shape index (κ2) is 5.55. The molecule has 0 aliphatic rings. The molecule has 3 aromatic rings. The summed E-state index contributed by atoms with van der Waals surface area (Å²) in [7, 11) is 0. The zero-order valence-corrected chi connectivity index (χ0v) is 12.0. The maximum absolute atomic E-state index is 5.88. The van der Waals surface area contributed by atoms with Crippen LogP contribution in [0.5, 0.6) is 0 Å². The van der Waals surface area contributed by atoms with Gasteiger partial charge in [-0.15, -0.1) is 0 Å². The minimum absolute atomic E-state index is 0.764. The number of rotatable bonds is 4. The number of aromatic amines is 1. The maximum Gasteiger partial charge on any atom is 0.0698 e. The molecule has 2 aromatic carbocycles.